The Morgan fingerprint density at radius 3 is 2.37 bits per heavy atom. The van der Waals surface area contributed by atoms with Crippen molar-refractivity contribution in [3.05, 3.63) is 82.9 Å². The molecule has 134 valence electrons. The van der Waals surface area contributed by atoms with E-state index in [2.05, 4.69) is 10.3 Å². The Hall–Kier alpha value is -3.40. The third kappa shape index (κ3) is 3.47. The van der Waals surface area contributed by atoms with E-state index in [1.807, 2.05) is 81.4 Å². The first-order valence-electron chi connectivity index (χ1n) is 8.86. The number of carbonyl (C=O) groups is 1. The third-order valence-electron chi connectivity index (χ3n) is 4.57. The number of rotatable bonds is 3. The van der Waals surface area contributed by atoms with Crippen molar-refractivity contribution in [3.63, 3.8) is 0 Å². The normalized spacial score (nSPS) is 10.9. The molecule has 4 rings (SSSR count). The third-order valence-corrected chi connectivity index (χ3v) is 4.57. The van der Waals surface area contributed by atoms with Gasteiger partial charge in [0.15, 0.2) is 5.58 Å². The van der Waals surface area contributed by atoms with E-state index in [1.165, 1.54) is 5.56 Å². The number of aromatic nitrogens is 1. The summed E-state index contributed by atoms with van der Waals surface area (Å²) < 4.78 is 5.85. The number of anilines is 1. The summed E-state index contributed by atoms with van der Waals surface area (Å²) in [6, 6.07) is 19.3. The fourth-order valence-corrected chi connectivity index (χ4v) is 3.09. The van der Waals surface area contributed by atoms with E-state index in [1.54, 1.807) is 0 Å². The molecule has 27 heavy (non-hydrogen) atoms. The van der Waals surface area contributed by atoms with Crippen LogP contribution in [-0.2, 0) is 0 Å². The van der Waals surface area contributed by atoms with Gasteiger partial charge in [0.05, 0.1) is 0 Å². The van der Waals surface area contributed by atoms with Gasteiger partial charge in [0.1, 0.15) is 5.52 Å². The van der Waals surface area contributed by atoms with Crippen molar-refractivity contribution in [1.29, 1.82) is 0 Å². The Labute approximate surface area is 157 Å². The first kappa shape index (κ1) is 17.0. The summed E-state index contributed by atoms with van der Waals surface area (Å²) in [5.74, 6) is 0.442. The first-order chi connectivity index (χ1) is 13.0. The molecule has 0 aliphatic carbocycles. The van der Waals surface area contributed by atoms with Crippen LogP contribution in [0.15, 0.2) is 65.1 Å². The van der Waals surface area contributed by atoms with E-state index in [4.69, 9.17) is 4.42 Å². The molecule has 0 aliphatic heterocycles. The molecule has 1 N–H and O–H groups in total. The highest BCUT2D eigenvalue weighted by Gasteiger charge is 2.12. The van der Waals surface area contributed by atoms with Crippen molar-refractivity contribution in [2.45, 2.75) is 20.8 Å². The van der Waals surface area contributed by atoms with Crippen molar-refractivity contribution in [2.24, 2.45) is 0 Å². The molecule has 0 radical (unpaired) electrons. The monoisotopic (exact) mass is 356 g/mol. The molecule has 0 aliphatic rings. The van der Waals surface area contributed by atoms with Crippen molar-refractivity contribution in [2.75, 3.05) is 5.32 Å². The fraction of sp³-hybridized carbons (Fsp3) is 0.130. The second kappa shape index (κ2) is 6.72. The first-order valence-corrected chi connectivity index (χ1v) is 8.86. The Morgan fingerprint density at radius 2 is 1.63 bits per heavy atom. The Morgan fingerprint density at radius 1 is 0.889 bits per heavy atom. The SMILES string of the molecule is Cc1ccc(-c2nc3cc(NC(=O)c4ccc(C)cc4C)ccc3o2)cc1. The zero-order valence-corrected chi connectivity index (χ0v) is 15.5. The number of fused-ring (bicyclic) bond motifs is 1. The molecule has 4 nitrogen and oxygen atoms in total. The lowest BCUT2D eigenvalue weighted by Gasteiger charge is -2.08. The maximum atomic E-state index is 12.6. The summed E-state index contributed by atoms with van der Waals surface area (Å²) in [5.41, 5.74) is 6.97. The van der Waals surface area contributed by atoms with Gasteiger partial charge in [-0.05, 0) is 62.7 Å². The molecule has 0 saturated carbocycles. The van der Waals surface area contributed by atoms with Crippen molar-refractivity contribution in [1.82, 2.24) is 4.98 Å². The fourth-order valence-electron chi connectivity index (χ4n) is 3.09. The molecular weight excluding hydrogens is 336 g/mol. The Balaban J connectivity index is 1.61. The van der Waals surface area contributed by atoms with Gasteiger partial charge in [-0.25, -0.2) is 4.98 Å². The Kier molecular flexibility index (Phi) is 4.24. The van der Waals surface area contributed by atoms with E-state index in [-0.39, 0.29) is 5.91 Å². The summed E-state index contributed by atoms with van der Waals surface area (Å²) in [6.07, 6.45) is 0. The number of carbonyl (C=O) groups excluding carboxylic acids is 1. The molecule has 1 heterocycles. The molecule has 0 bridgehead atoms. The molecule has 0 spiro atoms. The Bertz CT molecular complexity index is 1140. The number of aryl methyl sites for hydroxylation is 3. The van der Waals surface area contributed by atoms with Gasteiger partial charge in [0.2, 0.25) is 5.89 Å². The number of benzene rings is 3. The van der Waals surface area contributed by atoms with Crippen LogP contribution in [0.25, 0.3) is 22.6 Å². The highest BCUT2D eigenvalue weighted by Crippen LogP contribution is 2.26. The second-order valence-electron chi connectivity index (χ2n) is 6.84. The van der Waals surface area contributed by atoms with Crippen LogP contribution in [0, 0.1) is 20.8 Å². The van der Waals surface area contributed by atoms with Crippen LogP contribution in [0.4, 0.5) is 5.69 Å². The highest BCUT2D eigenvalue weighted by atomic mass is 16.3. The van der Waals surface area contributed by atoms with Gasteiger partial charge in [-0.3, -0.25) is 4.79 Å². The lowest BCUT2D eigenvalue weighted by molar-refractivity contribution is 0.102. The highest BCUT2D eigenvalue weighted by molar-refractivity contribution is 6.05. The number of nitrogens with zero attached hydrogens (tertiary/aromatic N) is 1. The van der Waals surface area contributed by atoms with Crippen LogP contribution in [0.1, 0.15) is 27.0 Å². The number of oxazole rings is 1. The van der Waals surface area contributed by atoms with Gasteiger partial charge in [-0.1, -0.05) is 35.4 Å². The number of hydrogen-bond donors (Lipinski definition) is 1. The molecule has 3 aromatic carbocycles. The zero-order valence-electron chi connectivity index (χ0n) is 15.5. The number of hydrogen-bond acceptors (Lipinski definition) is 3. The minimum atomic E-state index is -0.130. The molecule has 1 aromatic heterocycles. The van der Waals surface area contributed by atoms with E-state index in [0.717, 1.165) is 16.7 Å². The lowest BCUT2D eigenvalue weighted by atomic mass is 10.1. The maximum absolute atomic E-state index is 12.6. The minimum absolute atomic E-state index is 0.130. The molecule has 4 heteroatoms. The van der Waals surface area contributed by atoms with E-state index in [9.17, 15) is 4.79 Å². The van der Waals surface area contributed by atoms with Gasteiger partial charge in [0.25, 0.3) is 5.91 Å². The number of amides is 1. The van der Waals surface area contributed by atoms with E-state index < -0.39 is 0 Å². The van der Waals surface area contributed by atoms with Crippen molar-refractivity contribution < 1.29 is 9.21 Å². The van der Waals surface area contributed by atoms with Gasteiger partial charge in [-0.15, -0.1) is 0 Å². The van der Waals surface area contributed by atoms with Crippen LogP contribution in [0.5, 0.6) is 0 Å². The van der Waals surface area contributed by atoms with Crippen LogP contribution in [-0.4, -0.2) is 10.9 Å². The summed E-state index contributed by atoms with van der Waals surface area (Å²) in [6.45, 7) is 6.00. The van der Waals surface area contributed by atoms with Crippen LogP contribution in [0.2, 0.25) is 0 Å². The maximum Gasteiger partial charge on any atom is 0.255 e. The van der Waals surface area contributed by atoms with Crippen molar-refractivity contribution >= 4 is 22.7 Å². The molecule has 0 unspecified atom stereocenters. The van der Waals surface area contributed by atoms with Gasteiger partial charge < -0.3 is 9.73 Å². The average Bonchev–Trinajstić information content (AvgIpc) is 3.05. The zero-order chi connectivity index (χ0) is 19.0. The van der Waals surface area contributed by atoms with Gasteiger partial charge in [0, 0.05) is 16.8 Å². The predicted molar refractivity (Wildman–Crippen MR) is 108 cm³/mol. The smallest absolute Gasteiger partial charge is 0.255 e. The number of nitrogens with one attached hydrogen (secondary N) is 1. The summed E-state index contributed by atoms with van der Waals surface area (Å²) >= 11 is 0. The van der Waals surface area contributed by atoms with Crippen molar-refractivity contribution in [3.8, 4) is 11.5 Å². The quantitative estimate of drug-likeness (QED) is 0.514. The molecule has 4 aromatic rings. The molecule has 0 atom stereocenters. The molecule has 1 amide bonds. The predicted octanol–water partition coefficient (Wildman–Crippen LogP) is 5.67. The van der Waals surface area contributed by atoms with E-state index >= 15 is 0 Å². The molecular formula is C23H20N2O2. The summed E-state index contributed by atoms with van der Waals surface area (Å²) in [5, 5.41) is 2.95. The standard InChI is InChI=1S/C23H20N2O2/c1-14-4-7-17(8-5-14)23-25-20-13-18(9-11-21(20)27-23)24-22(26)19-10-6-15(2)12-16(19)3/h4-13H,1-3H3,(H,24,26). The van der Waals surface area contributed by atoms with Gasteiger partial charge >= 0.3 is 0 Å². The lowest BCUT2D eigenvalue weighted by Crippen LogP contribution is -2.13. The average molecular weight is 356 g/mol. The second-order valence-corrected chi connectivity index (χ2v) is 6.84. The van der Waals surface area contributed by atoms with Crippen LogP contribution in [0.3, 0.4) is 0 Å². The molecule has 0 saturated heterocycles. The largest absolute Gasteiger partial charge is 0.436 e. The van der Waals surface area contributed by atoms with Crippen LogP contribution >= 0.6 is 0 Å². The van der Waals surface area contributed by atoms with Crippen LogP contribution < -0.4 is 5.32 Å². The van der Waals surface area contributed by atoms with E-state index in [0.29, 0.717) is 28.2 Å². The topological polar surface area (TPSA) is 55.1 Å². The van der Waals surface area contributed by atoms with Gasteiger partial charge in [-0.2, -0.15) is 0 Å². The summed E-state index contributed by atoms with van der Waals surface area (Å²) in [7, 11) is 0. The molecule has 0 fully saturated rings. The minimum Gasteiger partial charge on any atom is -0.436 e. The summed E-state index contributed by atoms with van der Waals surface area (Å²) in [4.78, 5) is 17.2.